The zero-order valence-electron chi connectivity index (χ0n) is 12.7. The van der Waals surface area contributed by atoms with Crippen LogP contribution in [0.25, 0.3) is 0 Å². The van der Waals surface area contributed by atoms with Crippen LogP contribution in [-0.2, 0) is 0 Å². The molecule has 1 saturated carbocycles. The lowest BCUT2D eigenvalue weighted by atomic mass is 9.74. The predicted molar refractivity (Wildman–Crippen MR) is 90.9 cm³/mol. The monoisotopic (exact) mass is 290 g/mol. The largest absolute Gasteiger partial charge is 0.359 e. The summed E-state index contributed by atoms with van der Waals surface area (Å²) in [6.07, 6.45) is 3.88. The molecule has 20 heavy (non-hydrogen) atoms. The van der Waals surface area contributed by atoms with Gasteiger partial charge in [-0.25, -0.2) is 0 Å². The number of nitrogens with one attached hydrogen (secondary N) is 2. The van der Waals surface area contributed by atoms with E-state index in [1.54, 1.807) is 0 Å². The first-order valence-corrected chi connectivity index (χ1v) is 8.09. The summed E-state index contributed by atoms with van der Waals surface area (Å²) in [7, 11) is 0. The van der Waals surface area contributed by atoms with E-state index in [-0.39, 0.29) is 0 Å². The van der Waals surface area contributed by atoms with Crippen LogP contribution < -0.4 is 10.6 Å². The van der Waals surface area contributed by atoms with Gasteiger partial charge in [0.1, 0.15) is 0 Å². The van der Waals surface area contributed by atoms with Gasteiger partial charge in [0.2, 0.25) is 0 Å². The Balaban J connectivity index is 1.94. The van der Waals surface area contributed by atoms with Gasteiger partial charge in [0.25, 0.3) is 0 Å². The van der Waals surface area contributed by atoms with E-state index in [1.165, 1.54) is 19.3 Å². The van der Waals surface area contributed by atoms with Crippen molar-refractivity contribution in [1.29, 1.82) is 0 Å². The van der Waals surface area contributed by atoms with Gasteiger partial charge in [0, 0.05) is 11.7 Å². The zero-order valence-corrected chi connectivity index (χ0v) is 13.5. The zero-order chi connectivity index (χ0) is 14.5. The van der Waals surface area contributed by atoms with Crippen molar-refractivity contribution in [3.63, 3.8) is 0 Å². The van der Waals surface area contributed by atoms with E-state index < -0.39 is 0 Å². The van der Waals surface area contributed by atoms with Crippen molar-refractivity contribution in [3.05, 3.63) is 30.3 Å². The van der Waals surface area contributed by atoms with Crippen LogP contribution in [0.4, 0.5) is 5.69 Å². The summed E-state index contributed by atoms with van der Waals surface area (Å²) in [6.45, 7) is 6.99. The Kier molecular flexibility index (Phi) is 5.41. The molecule has 0 bridgehead atoms. The lowest BCUT2D eigenvalue weighted by Crippen LogP contribution is -2.47. The highest BCUT2D eigenvalue weighted by atomic mass is 32.1. The Morgan fingerprint density at radius 2 is 1.90 bits per heavy atom. The van der Waals surface area contributed by atoms with Crippen LogP contribution in [0.1, 0.15) is 40.0 Å². The summed E-state index contributed by atoms with van der Waals surface area (Å²) in [6, 6.07) is 10.6. The molecule has 0 aromatic heterocycles. The Hall–Kier alpha value is -1.09. The lowest BCUT2D eigenvalue weighted by Gasteiger charge is -2.38. The molecular weight excluding hydrogens is 264 g/mol. The molecule has 1 aromatic rings. The highest BCUT2D eigenvalue weighted by Gasteiger charge is 2.30. The minimum absolute atomic E-state index is 0.502. The van der Waals surface area contributed by atoms with Gasteiger partial charge >= 0.3 is 0 Å². The number of hydrogen-bond acceptors (Lipinski definition) is 1. The van der Waals surface area contributed by atoms with Crippen molar-refractivity contribution in [1.82, 2.24) is 5.32 Å². The number of thiocarbonyl (C=S) groups is 1. The number of rotatable bonds is 3. The first kappa shape index (κ1) is 15.3. The fraction of sp³-hybridized carbons (Fsp3) is 0.588. The second-order valence-corrected chi connectivity index (χ2v) is 6.81. The van der Waals surface area contributed by atoms with Crippen molar-refractivity contribution in [2.75, 3.05) is 5.32 Å². The fourth-order valence-electron chi connectivity index (χ4n) is 3.23. The van der Waals surface area contributed by atoms with Crippen LogP contribution in [-0.4, -0.2) is 11.2 Å². The summed E-state index contributed by atoms with van der Waals surface area (Å²) in [5.41, 5.74) is 1.05. The Bertz CT molecular complexity index is 430. The van der Waals surface area contributed by atoms with Crippen LogP contribution >= 0.6 is 12.2 Å². The molecule has 0 saturated heterocycles. The summed E-state index contributed by atoms with van der Waals surface area (Å²) in [5, 5.41) is 7.58. The molecule has 3 atom stereocenters. The molecule has 1 aliphatic rings. The van der Waals surface area contributed by atoms with Crippen molar-refractivity contribution in [3.8, 4) is 0 Å². The summed E-state index contributed by atoms with van der Waals surface area (Å²) >= 11 is 5.47. The molecule has 2 nitrogen and oxygen atoms in total. The van der Waals surface area contributed by atoms with Crippen LogP contribution in [0.2, 0.25) is 0 Å². The molecule has 2 N–H and O–H groups in total. The minimum atomic E-state index is 0.502. The van der Waals surface area contributed by atoms with Gasteiger partial charge in [-0.15, -0.1) is 0 Å². The van der Waals surface area contributed by atoms with Crippen molar-refractivity contribution < 1.29 is 0 Å². The third kappa shape index (κ3) is 4.20. The van der Waals surface area contributed by atoms with Gasteiger partial charge in [-0.05, 0) is 54.9 Å². The highest BCUT2D eigenvalue weighted by molar-refractivity contribution is 7.80. The SMILES string of the molecule is CC(C)[C@@H]1CC[C@H](C)C[C@@H]1NC(=S)Nc1ccccc1. The maximum Gasteiger partial charge on any atom is 0.171 e. The third-order valence-electron chi connectivity index (χ3n) is 4.37. The molecule has 0 radical (unpaired) electrons. The Morgan fingerprint density at radius 1 is 1.20 bits per heavy atom. The van der Waals surface area contributed by atoms with Crippen LogP contribution in [0.5, 0.6) is 0 Å². The van der Waals surface area contributed by atoms with E-state index in [0.717, 1.165) is 22.6 Å². The van der Waals surface area contributed by atoms with Crippen LogP contribution in [0.3, 0.4) is 0 Å². The number of hydrogen-bond donors (Lipinski definition) is 2. The van der Waals surface area contributed by atoms with Gasteiger partial charge in [0.05, 0.1) is 0 Å². The molecular formula is C17H26N2S. The Labute approximate surface area is 128 Å². The maximum atomic E-state index is 5.47. The quantitative estimate of drug-likeness (QED) is 0.805. The average Bonchev–Trinajstić information content (AvgIpc) is 2.39. The van der Waals surface area contributed by atoms with Gasteiger partial charge in [-0.1, -0.05) is 45.4 Å². The maximum absolute atomic E-state index is 5.47. The molecule has 0 spiro atoms. The smallest absolute Gasteiger partial charge is 0.171 e. The first-order chi connectivity index (χ1) is 9.56. The molecule has 0 amide bonds. The molecule has 2 rings (SSSR count). The van der Waals surface area contributed by atoms with Gasteiger partial charge in [-0.2, -0.15) is 0 Å². The standard InChI is InChI=1S/C17H26N2S/c1-12(2)15-10-9-13(3)11-16(15)19-17(20)18-14-7-5-4-6-8-14/h4-8,12-13,15-16H,9-11H2,1-3H3,(H2,18,19,20)/t13-,15-,16-/m0/s1. The summed E-state index contributed by atoms with van der Waals surface area (Å²) < 4.78 is 0. The third-order valence-corrected chi connectivity index (χ3v) is 4.59. The van der Waals surface area contributed by atoms with Crippen LogP contribution in [0.15, 0.2) is 30.3 Å². The van der Waals surface area contributed by atoms with Gasteiger partial charge < -0.3 is 10.6 Å². The Morgan fingerprint density at radius 3 is 2.55 bits per heavy atom. The average molecular weight is 290 g/mol. The van der Waals surface area contributed by atoms with E-state index in [9.17, 15) is 0 Å². The summed E-state index contributed by atoms with van der Waals surface area (Å²) in [5.74, 6) is 2.23. The van der Waals surface area contributed by atoms with Crippen molar-refractivity contribution in [2.24, 2.45) is 17.8 Å². The van der Waals surface area contributed by atoms with Gasteiger partial charge in [0.15, 0.2) is 5.11 Å². The molecule has 1 aliphatic carbocycles. The summed E-state index contributed by atoms with van der Waals surface area (Å²) in [4.78, 5) is 0. The van der Waals surface area contributed by atoms with Crippen molar-refractivity contribution in [2.45, 2.75) is 46.1 Å². The number of benzene rings is 1. The fourth-order valence-corrected chi connectivity index (χ4v) is 3.49. The normalized spacial score (nSPS) is 26.3. The topological polar surface area (TPSA) is 24.1 Å². The van der Waals surface area contributed by atoms with E-state index in [4.69, 9.17) is 12.2 Å². The molecule has 110 valence electrons. The van der Waals surface area contributed by atoms with E-state index in [2.05, 4.69) is 31.4 Å². The van der Waals surface area contributed by atoms with E-state index >= 15 is 0 Å². The molecule has 1 aromatic carbocycles. The minimum Gasteiger partial charge on any atom is -0.359 e. The molecule has 0 unspecified atom stereocenters. The molecule has 3 heteroatoms. The van der Waals surface area contributed by atoms with Crippen LogP contribution in [0, 0.1) is 17.8 Å². The highest BCUT2D eigenvalue weighted by Crippen LogP contribution is 2.33. The first-order valence-electron chi connectivity index (χ1n) is 7.69. The number of anilines is 1. The lowest BCUT2D eigenvalue weighted by molar-refractivity contribution is 0.186. The van der Waals surface area contributed by atoms with E-state index in [1.807, 2.05) is 30.3 Å². The van der Waals surface area contributed by atoms with Crippen molar-refractivity contribution >= 4 is 23.0 Å². The van der Waals surface area contributed by atoms with E-state index in [0.29, 0.717) is 12.0 Å². The number of para-hydroxylation sites is 1. The molecule has 0 heterocycles. The molecule has 0 aliphatic heterocycles. The predicted octanol–water partition coefficient (Wildman–Crippen LogP) is 4.43. The second-order valence-electron chi connectivity index (χ2n) is 6.40. The molecule has 1 fully saturated rings. The second kappa shape index (κ2) is 7.07. The van der Waals surface area contributed by atoms with Gasteiger partial charge in [-0.3, -0.25) is 0 Å².